The molecule has 0 radical (unpaired) electrons. The molecule has 1 aliphatic heterocycles. The molecule has 2 aromatic carbocycles. The Hall–Kier alpha value is -2.66. The van der Waals surface area contributed by atoms with Crippen LogP contribution < -0.4 is 5.32 Å². The maximum atomic E-state index is 12.6. The van der Waals surface area contributed by atoms with Crippen LogP contribution in [0, 0.1) is 5.92 Å². The van der Waals surface area contributed by atoms with Gasteiger partial charge >= 0.3 is 0 Å². The lowest BCUT2D eigenvalue weighted by Crippen LogP contribution is -2.40. The molecule has 0 aliphatic carbocycles. The van der Waals surface area contributed by atoms with Crippen molar-refractivity contribution < 1.29 is 14.7 Å². The molecule has 5 heteroatoms. The normalized spacial score (nSPS) is 17.2. The minimum Gasteiger partial charge on any atom is -0.396 e. The van der Waals surface area contributed by atoms with Crippen LogP contribution in [0.15, 0.2) is 54.6 Å². The van der Waals surface area contributed by atoms with Gasteiger partial charge in [0.25, 0.3) is 11.8 Å². The van der Waals surface area contributed by atoms with E-state index in [2.05, 4.69) is 5.32 Å². The summed E-state index contributed by atoms with van der Waals surface area (Å²) in [7, 11) is 0. The Morgan fingerprint density at radius 2 is 1.76 bits per heavy atom. The van der Waals surface area contributed by atoms with Crippen LogP contribution in [0.3, 0.4) is 0 Å². The minimum atomic E-state index is -0.179. The Labute approximate surface area is 147 Å². The summed E-state index contributed by atoms with van der Waals surface area (Å²) in [5, 5.41) is 12.1. The van der Waals surface area contributed by atoms with Crippen LogP contribution in [0.4, 0.5) is 5.69 Å². The summed E-state index contributed by atoms with van der Waals surface area (Å²) in [6.45, 7) is 1.44. The fourth-order valence-corrected chi connectivity index (χ4v) is 3.07. The zero-order chi connectivity index (χ0) is 17.6. The summed E-state index contributed by atoms with van der Waals surface area (Å²) in [6.07, 6.45) is 1.88. The third kappa shape index (κ3) is 4.25. The van der Waals surface area contributed by atoms with Crippen LogP contribution in [-0.4, -0.2) is 41.5 Å². The number of anilines is 1. The summed E-state index contributed by atoms with van der Waals surface area (Å²) in [6, 6.07) is 15.9. The largest absolute Gasteiger partial charge is 0.396 e. The number of aliphatic hydroxyl groups is 1. The number of carbonyl (C=O) groups is 2. The van der Waals surface area contributed by atoms with E-state index in [0.29, 0.717) is 23.4 Å². The molecule has 5 nitrogen and oxygen atoms in total. The van der Waals surface area contributed by atoms with Crippen molar-refractivity contribution in [1.82, 2.24) is 4.90 Å². The van der Waals surface area contributed by atoms with E-state index in [1.54, 1.807) is 41.3 Å². The van der Waals surface area contributed by atoms with E-state index in [1.165, 1.54) is 0 Å². The van der Waals surface area contributed by atoms with Gasteiger partial charge in [-0.3, -0.25) is 9.59 Å². The molecule has 0 saturated carbocycles. The molecule has 1 fully saturated rings. The highest BCUT2D eigenvalue weighted by molar-refractivity contribution is 6.04. The average Bonchev–Trinajstić information content (AvgIpc) is 2.68. The summed E-state index contributed by atoms with van der Waals surface area (Å²) < 4.78 is 0. The third-order valence-electron chi connectivity index (χ3n) is 4.49. The van der Waals surface area contributed by atoms with E-state index in [0.717, 1.165) is 19.4 Å². The molecule has 3 rings (SSSR count). The first-order valence-corrected chi connectivity index (χ1v) is 8.54. The molecule has 2 amide bonds. The monoisotopic (exact) mass is 338 g/mol. The van der Waals surface area contributed by atoms with Crippen LogP contribution >= 0.6 is 0 Å². The number of rotatable bonds is 4. The fraction of sp³-hybridized carbons (Fsp3) is 0.300. The minimum absolute atomic E-state index is 0.0286. The number of carbonyl (C=O) groups excluding carboxylic acids is 2. The van der Waals surface area contributed by atoms with Crippen molar-refractivity contribution in [3.63, 3.8) is 0 Å². The lowest BCUT2D eigenvalue weighted by atomic mass is 9.98. The Morgan fingerprint density at radius 1 is 1.04 bits per heavy atom. The van der Waals surface area contributed by atoms with Gasteiger partial charge in [-0.1, -0.05) is 18.2 Å². The predicted octanol–water partition coefficient (Wildman–Crippen LogP) is 2.78. The smallest absolute Gasteiger partial charge is 0.255 e. The summed E-state index contributed by atoms with van der Waals surface area (Å²) in [5.74, 6) is -0.0392. The number of hydrogen-bond acceptors (Lipinski definition) is 3. The quantitative estimate of drug-likeness (QED) is 0.901. The standard InChI is InChI=1S/C20H22N2O3/c23-14-15-5-4-12-22(13-15)20(25)17-8-10-18(11-9-17)21-19(24)16-6-2-1-3-7-16/h1-3,6-11,15,23H,4-5,12-14H2,(H,21,24). The van der Waals surface area contributed by atoms with Crippen molar-refractivity contribution >= 4 is 17.5 Å². The third-order valence-corrected chi connectivity index (χ3v) is 4.49. The van der Waals surface area contributed by atoms with Crippen molar-refractivity contribution in [3.8, 4) is 0 Å². The van der Waals surface area contributed by atoms with Gasteiger partial charge in [-0.2, -0.15) is 0 Å². The second-order valence-corrected chi connectivity index (χ2v) is 6.34. The number of aliphatic hydroxyl groups excluding tert-OH is 1. The zero-order valence-electron chi connectivity index (χ0n) is 14.0. The molecule has 130 valence electrons. The summed E-state index contributed by atoms with van der Waals surface area (Å²) >= 11 is 0. The molecule has 1 unspecified atom stereocenters. The van der Waals surface area contributed by atoms with Gasteiger partial charge in [0.05, 0.1) is 0 Å². The van der Waals surface area contributed by atoms with Crippen LogP contribution in [0.2, 0.25) is 0 Å². The van der Waals surface area contributed by atoms with Gasteiger partial charge in [-0.15, -0.1) is 0 Å². The second-order valence-electron chi connectivity index (χ2n) is 6.34. The topological polar surface area (TPSA) is 69.6 Å². The van der Waals surface area contributed by atoms with E-state index in [1.807, 2.05) is 18.2 Å². The van der Waals surface area contributed by atoms with E-state index in [-0.39, 0.29) is 24.3 Å². The lowest BCUT2D eigenvalue weighted by Gasteiger charge is -2.31. The van der Waals surface area contributed by atoms with Gasteiger partial charge in [0.15, 0.2) is 0 Å². The van der Waals surface area contributed by atoms with Gasteiger partial charge in [0.2, 0.25) is 0 Å². The first kappa shape index (κ1) is 17.2. The number of likely N-dealkylation sites (tertiary alicyclic amines) is 1. The maximum Gasteiger partial charge on any atom is 0.255 e. The predicted molar refractivity (Wildman–Crippen MR) is 96.6 cm³/mol. The second kappa shape index (κ2) is 7.94. The molecule has 2 N–H and O–H groups in total. The first-order valence-electron chi connectivity index (χ1n) is 8.54. The maximum absolute atomic E-state index is 12.6. The van der Waals surface area contributed by atoms with Gasteiger partial charge in [-0.25, -0.2) is 0 Å². The number of nitrogens with one attached hydrogen (secondary N) is 1. The molecule has 0 bridgehead atoms. The Balaban J connectivity index is 1.64. The summed E-state index contributed by atoms with van der Waals surface area (Å²) in [4.78, 5) is 26.5. The van der Waals surface area contributed by atoms with E-state index in [4.69, 9.17) is 0 Å². The molecule has 1 heterocycles. The van der Waals surface area contributed by atoms with Crippen molar-refractivity contribution in [2.24, 2.45) is 5.92 Å². The summed E-state index contributed by atoms with van der Waals surface area (Å²) in [5.41, 5.74) is 1.83. The molecular weight excluding hydrogens is 316 g/mol. The average molecular weight is 338 g/mol. The Bertz CT molecular complexity index is 728. The molecule has 1 saturated heterocycles. The van der Waals surface area contributed by atoms with Crippen molar-refractivity contribution in [3.05, 3.63) is 65.7 Å². The zero-order valence-corrected chi connectivity index (χ0v) is 14.0. The number of piperidine rings is 1. The lowest BCUT2D eigenvalue weighted by molar-refractivity contribution is 0.0620. The molecule has 25 heavy (non-hydrogen) atoms. The van der Waals surface area contributed by atoms with Crippen molar-refractivity contribution in [2.45, 2.75) is 12.8 Å². The first-order chi connectivity index (χ1) is 12.2. The van der Waals surface area contributed by atoms with Gasteiger partial charge in [0.1, 0.15) is 0 Å². The van der Waals surface area contributed by atoms with Crippen molar-refractivity contribution in [2.75, 3.05) is 25.0 Å². The van der Waals surface area contributed by atoms with Crippen LogP contribution in [0.1, 0.15) is 33.6 Å². The highest BCUT2D eigenvalue weighted by Gasteiger charge is 2.23. The number of nitrogens with zero attached hydrogens (tertiary/aromatic N) is 1. The highest BCUT2D eigenvalue weighted by Crippen LogP contribution is 2.19. The van der Waals surface area contributed by atoms with Gasteiger partial charge in [-0.05, 0) is 55.2 Å². The SMILES string of the molecule is O=C(Nc1ccc(C(=O)N2CCCC(CO)C2)cc1)c1ccccc1. The molecule has 0 spiro atoms. The number of hydrogen-bond donors (Lipinski definition) is 2. The molecule has 2 aromatic rings. The molecular formula is C20H22N2O3. The van der Waals surface area contributed by atoms with E-state index >= 15 is 0 Å². The molecule has 1 atom stereocenters. The molecule has 1 aliphatic rings. The van der Waals surface area contributed by atoms with Gasteiger partial charge in [0, 0.05) is 36.5 Å². The van der Waals surface area contributed by atoms with Crippen LogP contribution in [0.5, 0.6) is 0 Å². The fourth-order valence-electron chi connectivity index (χ4n) is 3.07. The Kier molecular flexibility index (Phi) is 5.46. The van der Waals surface area contributed by atoms with E-state index < -0.39 is 0 Å². The number of benzene rings is 2. The Morgan fingerprint density at radius 3 is 2.44 bits per heavy atom. The van der Waals surface area contributed by atoms with Crippen molar-refractivity contribution in [1.29, 1.82) is 0 Å². The van der Waals surface area contributed by atoms with Gasteiger partial charge < -0.3 is 15.3 Å². The van der Waals surface area contributed by atoms with E-state index in [9.17, 15) is 14.7 Å². The van der Waals surface area contributed by atoms with Crippen LogP contribution in [-0.2, 0) is 0 Å². The van der Waals surface area contributed by atoms with Crippen LogP contribution in [0.25, 0.3) is 0 Å². The molecule has 0 aromatic heterocycles. The highest BCUT2D eigenvalue weighted by atomic mass is 16.3. The number of amides is 2.